The third-order valence-electron chi connectivity index (χ3n) is 6.18. The molecule has 1 aliphatic heterocycles. The first-order valence-electron chi connectivity index (χ1n) is 10.4. The van der Waals surface area contributed by atoms with Crippen LogP contribution in [0.15, 0.2) is 40.5 Å². The van der Waals surface area contributed by atoms with Gasteiger partial charge in [-0.25, -0.2) is 0 Å². The maximum absolute atomic E-state index is 13.2. The monoisotopic (exact) mass is 381 g/mol. The number of carbonyl (C=O) groups is 2. The summed E-state index contributed by atoms with van der Waals surface area (Å²) < 4.78 is 5.89. The number of carbonyl (C=O) groups excluding carboxylic acids is 2. The maximum atomic E-state index is 13.2. The molecular weight excluding hydrogens is 354 g/mol. The van der Waals surface area contributed by atoms with E-state index < -0.39 is 11.8 Å². The van der Waals surface area contributed by atoms with Crippen molar-refractivity contribution in [2.75, 3.05) is 0 Å². The molecule has 1 N–H and O–H groups in total. The number of nitrogens with zero attached hydrogens (tertiary/aromatic N) is 1. The van der Waals surface area contributed by atoms with Gasteiger partial charge in [0.25, 0.3) is 0 Å². The summed E-state index contributed by atoms with van der Waals surface area (Å²) in [4.78, 5) is 30.7. The summed E-state index contributed by atoms with van der Waals surface area (Å²) in [5, 5.41) is 9.69. The number of rotatable bonds is 3. The number of ketones is 1. The van der Waals surface area contributed by atoms with Gasteiger partial charge in [0.2, 0.25) is 0 Å². The Morgan fingerprint density at radius 1 is 1.07 bits per heavy atom. The van der Waals surface area contributed by atoms with Crippen LogP contribution in [0.25, 0.3) is 0 Å². The zero-order valence-corrected chi connectivity index (χ0v) is 16.3. The number of hydrogen-bond acceptors (Lipinski definition) is 5. The third kappa shape index (κ3) is 3.62. The normalized spacial score (nSPS) is 25.9. The number of phenolic OH excluding ortho intramolecular Hbond substituents is 1. The molecular formula is C23H27NO4. The van der Waals surface area contributed by atoms with E-state index in [1.807, 2.05) is 6.92 Å². The minimum atomic E-state index is -0.590. The minimum absolute atomic E-state index is 0.0352. The molecule has 0 amide bonds. The van der Waals surface area contributed by atoms with Gasteiger partial charge in [-0.2, -0.15) is 0 Å². The molecule has 28 heavy (non-hydrogen) atoms. The Morgan fingerprint density at radius 2 is 1.79 bits per heavy atom. The van der Waals surface area contributed by atoms with Crippen LogP contribution < -0.4 is 0 Å². The van der Waals surface area contributed by atoms with Gasteiger partial charge in [-0.05, 0) is 63.1 Å². The van der Waals surface area contributed by atoms with E-state index in [9.17, 15) is 14.7 Å². The lowest BCUT2D eigenvalue weighted by Crippen LogP contribution is -2.38. The summed E-state index contributed by atoms with van der Waals surface area (Å²) in [5.74, 6) is -1.03. The van der Waals surface area contributed by atoms with Crippen LogP contribution in [-0.2, 0) is 14.3 Å². The van der Waals surface area contributed by atoms with Crippen LogP contribution in [0, 0.1) is 5.92 Å². The van der Waals surface area contributed by atoms with Crippen LogP contribution in [-0.4, -0.2) is 28.7 Å². The van der Waals surface area contributed by atoms with Crippen molar-refractivity contribution in [3.05, 3.63) is 41.1 Å². The Bertz CT molecular complexity index is 831. The highest BCUT2D eigenvalue weighted by Gasteiger charge is 2.43. The van der Waals surface area contributed by atoms with E-state index in [4.69, 9.17) is 4.74 Å². The molecule has 148 valence electrons. The molecule has 1 aromatic rings. The highest BCUT2D eigenvalue weighted by molar-refractivity contribution is 6.08. The first-order valence-corrected chi connectivity index (χ1v) is 10.4. The second-order valence-electron chi connectivity index (χ2n) is 8.13. The van der Waals surface area contributed by atoms with Crippen molar-refractivity contribution in [3.63, 3.8) is 0 Å². The van der Waals surface area contributed by atoms with E-state index in [1.54, 1.807) is 24.3 Å². The standard InChI is InChI=1S/C23H27NO4/c1-14-20(23(27)28-17-6-3-2-4-7-17)21(15-10-12-16(25)13-11-15)22-18(24-14)8-5-9-19(22)26/h10-13,17,20-21,25H,2-9H2,1H3/t20?,21-/m0/s1. The molecule has 2 aliphatic carbocycles. The number of allylic oxidation sites excluding steroid dienone is 2. The first-order chi connectivity index (χ1) is 13.5. The topological polar surface area (TPSA) is 76.0 Å². The highest BCUT2D eigenvalue weighted by atomic mass is 16.5. The number of hydrogen-bond donors (Lipinski definition) is 1. The number of ether oxygens (including phenoxy) is 1. The van der Waals surface area contributed by atoms with Gasteiger partial charge in [-0.1, -0.05) is 18.6 Å². The molecule has 3 aliphatic rings. The van der Waals surface area contributed by atoms with Gasteiger partial charge >= 0.3 is 5.97 Å². The summed E-state index contributed by atoms with van der Waals surface area (Å²) in [7, 11) is 0. The van der Waals surface area contributed by atoms with E-state index in [-0.39, 0.29) is 23.6 Å². The van der Waals surface area contributed by atoms with Crippen LogP contribution in [0.1, 0.15) is 69.8 Å². The molecule has 0 saturated heterocycles. The Morgan fingerprint density at radius 3 is 2.50 bits per heavy atom. The molecule has 5 heteroatoms. The van der Waals surface area contributed by atoms with Gasteiger partial charge in [0.1, 0.15) is 17.8 Å². The third-order valence-corrected chi connectivity index (χ3v) is 6.18. The van der Waals surface area contributed by atoms with E-state index in [1.165, 1.54) is 6.42 Å². The molecule has 0 bridgehead atoms. The summed E-state index contributed by atoms with van der Waals surface area (Å²) in [6, 6.07) is 6.80. The molecule has 1 fully saturated rings. The van der Waals surface area contributed by atoms with Gasteiger partial charge in [0, 0.05) is 29.3 Å². The predicted molar refractivity (Wildman–Crippen MR) is 106 cm³/mol. The molecule has 1 aromatic carbocycles. The summed E-state index contributed by atoms with van der Waals surface area (Å²) in [5.41, 5.74) is 3.04. The summed E-state index contributed by atoms with van der Waals surface area (Å²) in [6.07, 6.45) is 7.20. The molecule has 1 unspecified atom stereocenters. The number of aliphatic imine (C=N–C) groups is 1. The van der Waals surface area contributed by atoms with Crippen LogP contribution in [0.3, 0.4) is 0 Å². The molecule has 0 radical (unpaired) electrons. The maximum Gasteiger partial charge on any atom is 0.315 e. The average molecular weight is 381 g/mol. The zero-order valence-electron chi connectivity index (χ0n) is 16.3. The van der Waals surface area contributed by atoms with Gasteiger partial charge in [0.15, 0.2) is 5.78 Å². The highest BCUT2D eigenvalue weighted by Crippen LogP contribution is 2.44. The molecule has 1 heterocycles. The fourth-order valence-electron chi connectivity index (χ4n) is 4.77. The summed E-state index contributed by atoms with van der Waals surface area (Å²) in [6.45, 7) is 1.86. The SMILES string of the molecule is CC1=NC2=C(C(=O)CCC2)[C@@H](c2ccc(O)cc2)C1C(=O)OC1CCCCC1. The predicted octanol–water partition coefficient (Wildman–Crippen LogP) is 4.45. The van der Waals surface area contributed by atoms with Crippen molar-refractivity contribution < 1.29 is 19.4 Å². The van der Waals surface area contributed by atoms with E-state index in [2.05, 4.69) is 4.99 Å². The van der Waals surface area contributed by atoms with E-state index in [0.717, 1.165) is 49.8 Å². The lowest BCUT2D eigenvalue weighted by molar-refractivity contribution is -0.153. The Kier molecular flexibility index (Phi) is 5.33. The quantitative estimate of drug-likeness (QED) is 0.785. The first kappa shape index (κ1) is 18.9. The molecule has 5 nitrogen and oxygen atoms in total. The average Bonchev–Trinajstić information content (AvgIpc) is 2.68. The van der Waals surface area contributed by atoms with Crippen LogP contribution in [0.5, 0.6) is 5.75 Å². The summed E-state index contributed by atoms with van der Waals surface area (Å²) >= 11 is 0. The number of benzene rings is 1. The second-order valence-corrected chi connectivity index (χ2v) is 8.13. The minimum Gasteiger partial charge on any atom is -0.508 e. The lowest BCUT2D eigenvalue weighted by Gasteiger charge is -2.35. The van der Waals surface area contributed by atoms with Crippen molar-refractivity contribution in [1.82, 2.24) is 0 Å². The van der Waals surface area contributed by atoms with Crippen molar-refractivity contribution in [1.29, 1.82) is 0 Å². The largest absolute Gasteiger partial charge is 0.508 e. The number of Topliss-reactive ketones (excluding diaryl/α,β-unsaturated/α-hetero) is 1. The van der Waals surface area contributed by atoms with E-state index in [0.29, 0.717) is 17.7 Å². The van der Waals surface area contributed by atoms with Crippen LogP contribution >= 0.6 is 0 Å². The fraction of sp³-hybridized carbons (Fsp3) is 0.522. The Hall–Kier alpha value is -2.43. The zero-order chi connectivity index (χ0) is 19.7. The van der Waals surface area contributed by atoms with Crippen LogP contribution in [0.4, 0.5) is 0 Å². The van der Waals surface area contributed by atoms with E-state index >= 15 is 0 Å². The number of esters is 1. The van der Waals surface area contributed by atoms with Crippen molar-refractivity contribution in [2.45, 2.75) is 70.3 Å². The molecule has 4 rings (SSSR count). The second kappa shape index (κ2) is 7.90. The van der Waals surface area contributed by atoms with Crippen LogP contribution in [0.2, 0.25) is 0 Å². The van der Waals surface area contributed by atoms with Gasteiger partial charge in [-0.15, -0.1) is 0 Å². The van der Waals surface area contributed by atoms with Crippen molar-refractivity contribution in [2.24, 2.45) is 10.9 Å². The molecule has 0 spiro atoms. The molecule has 2 atom stereocenters. The fourth-order valence-corrected chi connectivity index (χ4v) is 4.77. The Labute approximate surface area is 165 Å². The number of aromatic hydroxyl groups is 1. The van der Waals surface area contributed by atoms with Gasteiger partial charge in [0.05, 0.1) is 0 Å². The molecule has 1 saturated carbocycles. The molecule has 0 aromatic heterocycles. The van der Waals surface area contributed by atoms with Crippen molar-refractivity contribution >= 4 is 17.5 Å². The lowest BCUT2D eigenvalue weighted by atomic mass is 9.71. The van der Waals surface area contributed by atoms with Gasteiger partial charge in [-0.3, -0.25) is 14.6 Å². The number of phenols is 1. The smallest absolute Gasteiger partial charge is 0.315 e. The van der Waals surface area contributed by atoms with Gasteiger partial charge < -0.3 is 9.84 Å². The van der Waals surface area contributed by atoms with Crippen molar-refractivity contribution in [3.8, 4) is 5.75 Å². The Balaban J connectivity index is 1.71.